The van der Waals surface area contributed by atoms with Crippen LogP contribution in [0.15, 0.2) is 0 Å². The quantitative estimate of drug-likeness (QED) is 0.904. The molecule has 0 bridgehead atoms. The van der Waals surface area contributed by atoms with Gasteiger partial charge in [-0.05, 0) is 33.2 Å². The lowest BCUT2D eigenvalue weighted by Crippen LogP contribution is -2.55. The second-order valence-corrected chi connectivity index (χ2v) is 6.86. The molecule has 1 aromatic rings. The number of anilines is 2. The number of nitrogen functional groups attached to an aromatic ring is 1. The Morgan fingerprint density at radius 3 is 2.71 bits per heavy atom. The van der Waals surface area contributed by atoms with Gasteiger partial charge in [0.2, 0.25) is 0 Å². The topological polar surface area (TPSA) is 58.3 Å². The summed E-state index contributed by atoms with van der Waals surface area (Å²) in [5.41, 5.74) is 7.16. The van der Waals surface area contributed by atoms with Crippen LogP contribution in [-0.2, 0) is 0 Å². The summed E-state index contributed by atoms with van der Waals surface area (Å²) in [7, 11) is 0. The molecule has 21 heavy (non-hydrogen) atoms. The van der Waals surface area contributed by atoms with Crippen molar-refractivity contribution < 1.29 is 0 Å². The molecule has 116 valence electrons. The molecule has 0 aromatic carbocycles. The van der Waals surface area contributed by atoms with E-state index in [1.165, 1.54) is 19.4 Å². The second-order valence-electron chi connectivity index (χ2n) is 6.86. The average Bonchev–Trinajstić information content (AvgIpc) is 2.87. The zero-order chi connectivity index (χ0) is 15.1. The van der Waals surface area contributed by atoms with Crippen molar-refractivity contribution in [2.75, 3.05) is 30.3 Å². The molecule has 0 aliphatic carbocycles. The van der Waals surface area contributed by atoms with Gasteiger partial charge in [-0.15, -0.1) is 0 Å². The van der Waals surface area contributed by atoms with Crippen molar-refractivity contribution in [3.05, 3.63) is 11.4 Å². The fourth-order valence-corrected chi connectivity index (χ4v) is 3.56. The molecule has 3 rings (SSSR count). The van der Waals surface area contributed by atoms with E-state index < -0.39 is 0 Å². The standard InChI is InChI=1S/C16H27N5/c1-10(2)15-18-14(17)12(4)16(19-15)21-9-13-6-5-7-20(13)8-11(21)3/h10-11,13H,5-9H2,1-4H3,(H2,17,18,19). The third-order valence-corrected chi connectivity index (χ3v) is 4.90. The highest BCUT2D eigenvalue weighted by Crippen LogP contribution is 2.31. The third kappa shape index (κ3) is 2.59. The second kappa shape index (κ2) is 5.44. The van der Waals surface area contributed by atoms with Crippen LogP contribution in [0.5, 0.6) is 0 Å². The fraction of sp³-hybridized carbons (Fsp3) is 0.750. The van der Waals surface area contributed by atoms with Crippen LogP contribution in [0.3, 0.4) is 0 Å². The summed E-state index contributed by atoms with van der Waals surface area (Å²) in [5, 5.41) is 0. The number of fused-ring (bicyclic) bond motifs is 1. The van der Waals surface area contributed by atoms with Gasteiger partial charge in [0.15, 0.2) is 0 Å². The van der Waals surface area contributed by atoms with Crippen molar-refractivity contribution in [1.29, 1.82) is 0 Å². The van der Waals surface area contributed by atoms with E-state index in [0.717, 1.165) is 30.3 Å². The number of piperazine rings is 1. The van der Waals surface area contributed by atoms with Gasteiger partial charge in [-0.25, -0.2) is 9.97 Å². The number of nitrogens with zero attached hydrogens (tertiary/aromatic N) is 4. The zero-order valence-corrected chi connectivity index (χ0v) is 13.6. The first kappa shape index (κ1) is 14.6. The molecule has 0 spiro atoms. The number of rotatable bonds is 2. The van der Waals surface area contributed by atoms with Crippen LogP contribution in [0.2, 0.25) is 0 Å². The summed E-state index contributed by atoms with van der Waals surface area (Å²) in [4.78, 5) is 14.4. The van der Waals surface area contributed by atoms with Gasteiger partial charge in [0.05, 0.1) is 0 Å². The molecule has 2 atom stereocenters. The number of hydrogen-bond donors (Lipinski definition) is 1. The van der Waals surface area contributed by atoms with Gasteiger partial charge in [-0.2, -0.15) is 0 Å². The smallest absolute Gasteiger partial charge is 0.137 e. The van der Waals surface area contributed by atoms with Crippen LogP contribution in [0, 0.1) is 6.92 Å². The first-order chi connectivity index (χ1) is 9.97. The van der Waals surface area contributed by atoms with E-state index in [0.29, 0.717) is 23.8 Å². The van der Waals surface area contributed by atoms with Gasteiger partial charge in [0, 0.05) is 36.7 Å². The Labute approximate surface area is 127 Å². The predicted molar refractivity (Wildman–Crippen MR) is 86.7 cm³/mol. The molecule has 0 radical (unpaired) electrons. The highest BCUT2D eigenvalue weighted by atomic mass is 15.3. The molecule has 0 amide bonds. The summed E-state index contributed by atoms with van der Waals surface area (Å²) in [6.45, 7) is 12.0. The lowest BCUT2D eigenvalue weighted by Gasteiger charge is -2.43. The van der Waals surface area contributed by atoms with Crippen molar-refractivity contribution in [3.8, 4) is 0 Å². The Bertz CT molecular complexity index is 528. The van der Waals surface area contributed by atoms with E-state index in [4.69, 9.17) is 10.7 Å². The van der Waals surface area contributed by atoms with Gasteiger partial charge in [-0.3, -0.25) is 4.90 Å². The summed E-state index contributed by atoms with van der Waals surface area (Å²) in [5.74, 6) is 2.83. The molecule has 5 nitrogen and oxygen atoms in total. The van der Waals surface area contributed by atoms with Gasteiger partial charge in [0.1, 0.15) is 17.5 Å². The lowest BCUT2D eigenvalue weighted by atomic mass is 10.1. The SMILES string of the molecule is Cc1c(N)nc(C(C)C)nc1N1CC2CCCN2CC1C. The third-order valence-electron chi connectivity index (χ3n) is 4.90. The predicted octanol–water partition coefficient (Wildman–Crippen LogP) is 2.16. The maximum atomic E-state index is 6.13. The van der Waals surface area contributed by atoms with E-state index in [9.17, 15) is 0 Å². The Balaban J connectivity index is 1.95. The Hall–Kier alpha value is -1.36. The lowest BCUT2D eigenvalue weighted by molar-refractivity contribution is 0.202. The largest absolute Gasteiger partial charge is 0.383 e. The van der Waals surface area contributed by atoms with Gasteiger partial charge >= 0.3 is 0 Å². The molecule has 2 saturated heterocycles. The van der Waals surface area contributed by atoms with Crippen molar-refractivity contribution in [2.45, 2.75) is 58.5 Å². The van der Waals surface area contributed by atoms with Gasteiger partial charge < -0.3 is 10.6 Å². The molecule has 5 heteroatoms. The van der Waals surface area contributed by atoms with Crippen LogP contribution >= 0.6 is 0 Å². The normalized spacial score (nSPS) is 26.4. The zero-order valence-electron chi connectivity index (χ0n) is 13.6. The molecule has 3 heterocycles. The molecular weight excluding hydrogens is 262 g/mol. The van der Waals surface area contributed by atoms with Crippen molar-refractivity contribution >= 4 is 11.6 Å². The van der Waals surface area contributed by atoms with Crippen LogP contribution in [-0.4, -0.2) is 46.6 Å². The highest BCUT2D eigenvalue weighted by Gasteiger charge is 2.35. The van der Waals surface area contributed by atoms with E-state index >= 15 is 0 Å². The molecule has 2 aliphatic heterocycles. The minimum Gasteiger partial charge on any atom is -0.383 e. The molecule has 0 saturated carbocycles. The Morgan fingerprint density at radius 1 is 1.24 bits per heavy atom. The van der Waals surface area contributed by atoms with Gasteiger partial charge in [-0.1, -0.05) is 13.8 Å². The Kier molecular flexibility index (Phi) is 3.78. The molecule has 1 aromatic heterocycles. The van der Waals surface area contributed by atoms with Crippen molar-refractivity contribution in [2.24, 2.45) is 0 Å². The summed E-state index contributed by atoms with van der Waals surface area (Å²) < 4.78 is 0. The van der Waals surface area contributed by atoms with Crippen LogP contribution in [0.4, 0.5) is 11.6 Å². The van der Waals surface area contributed by atoms with E-state index in [-0.39, 0.29) is 0 Å². The summed E-state index contributed by atoms with van der Waals surface area (Å²) in [6.07, 6.45) is 2.63. The van der Waals surface area contributed by atoms with Crippen LogP contribution in [0.25, 0.3) is 0 Å². The number of nitrogens with two attached hydrogens (primary N) is 1. The minimum absolute atomic E-state index is 0.301. The van der Waals surface area contributed by atoms with E-state index in [1.807, 2.05) is 6.92 Å². The van der Waals surface area contributed by atoms with Crippen molar-refractivity contribution in [1.82, 2.24) is 14.9 Å². The number of aromatic nitrogens is 2. The van der Waals surface area contributed by atoms with Crippen LogP contribution in [0.1, 0.15) is 50.9 Å². The molecule has 2 aliphatic rings. The maximum absolute atomic E-state index is 6.13. The molecular formula is C16H27N5. The molecule has 2 unspecified atom stereocenters. The summed E-state index contributed by atoms with van der Waals surface area (Å²) >= 11 is 0. The first-order valence-corrected chi connectivity index (χ1v) is 8.12. The Morgan fingerprint density at radius 2 is 2.00 bits per heavy atom. The summed E-state index contributed by atoms with van der Waals surface area (Å²) in [6, 6.07) is 1.16. The monoisotopic (exact) mass is 289 g/mol. The molecule has 2 fully saturated rings. The highest BCUT2D eigenvalue weighted by molar-refractivity contribution is 5.57. The maximum Gasteiger partial charge on any atom is 0.137 e. The molecule has 2 N–H and O–H groups in total. The van der Waals surface area contributed by atoms with Crippen molar-refractivity contribution in [3.63, 3.8) is 0 Å². The van der Waals surface area contributed by atoms with Crippen LogP contribution < -0.4 is 10.6 Å². The van der Waals surface area contributed by atoms with Gasteiger partial charge in [0.25, 0.3) is 0 Å². The van der Waals surface area contributed by atoms with E-state index in [2.05, 4.69) is 35.6 Å². The van der Waals surface area contributed by atoms with E-state index in [1.54, 1.807) is 0 Å². The fourth-order valence-electron chi connectivity index (χ4n) is 3.56. The first-order valence-electron chi connectivity index (χ1n) is 8.12. The average molecular weight is 289 g/mol. The number of hydrogen-bond acceptors (Lipinski definition) is 5. The minimum atomic E-state index is 0.301.